The van der Waals surface area contributed by atoms with Gasteiger partial charge in [-0.3, -0.25) is 4.79 Å². The maximum absolute atomic E-state index is 13.1. The Balaban J connectivity index is 2.05. The zero-order valence-electron chi connectivity index (χ0n) is 9.90. The summed E-state index contributed by atoms with van der Waals surface area (Å²) in [6, 6.07) is 3.57. The van der Waals surface area contributed by atoms with Crippen molar-refractivity contribution in [1.29, 1.82) is 0 Å². The Morgan fingerprint density at radius 1 is 1.47 bits per heavy atom. The lowest BCUT2D eigenvalue weighted by Gasteiger charge is -2.20. The first-order valence-electron chi connectivity index (χ1n) is 5.72. The van der Waals surface area contributed by atoms with Gasteiger partial charge < -0.3 is 15.3 Å². The van der Waals surface area contributed by atoms with E-state index in [0.29, 0.717) is 5.69 Å². The number of halogens is 2. The molecule has 1 saturated carbocycles. The van der Waals surface area contributed by atoms with Gasteiger partial charge in [-0.25, -0.2) is 9.18 Å². The van der Waals surface area contributed by atoms with Gasteiger partial charge in [0.05, 0.1) is 4.47 Å². The van der Waals surface area contributed by atoms with E-state index in [1.54, 1.807) is 0 Å². The van der Waals surface area contributed by atoms with E-state index in [-0.39, 0.29) is 17.1 Å². The highest BCUT2D eigenvalue weighted by Crippen LogP contribution is 2.27. The lowest BCUT2D eigenvalue weighted by atomic mass is 10.3. The van der Waals surface area contributed by atoms with Gasteiger partial charge in [-0.05, 0) is 47.0 Å². The number of amides is 2. The lowest BCUT2D eigenvalue weighted by molar-refractivity contribution is -0.137. The summed E-state index contributed by atoms with van der Waals surface area (Å²) in [4.78, 5) is 24.0. The molecule has 0 atom stereocenters. The Hall–Kier alpha value is -1.63. The summed E-state index contributed by atoms with van der Waals surface area (Å²) in [5.41, 5.74) is 0.411. The highest BCUT2D eigenvalue weighted by molar-refractivity contribution is 9.10. The van der Waals surface area contributed by atoms with Crippen molar-refractivity contribution < 1.29 is 19.1 Å². The molecule has 5 nitrogen and oxygen atoms in total. The number of nitrogens with zero attached hydrogens (tertiary/aromatic N) is 1. The first-order chi connectivity index (χ1) is 8.97. The molecule has 0 heterocycles. The molecule has 2 amide bonds. The minimum absolute atomic E-state index is 0.0139. The third-order valence-corrected chi connectivity index (χ3v) is 3.33. The van der Waals surface area contributed by atoms with Crippen molar-refractivity contribution in [3.8, 4) is 0 Å². The predicted octanol–water partition coefficient (Wildman–Crippen LogP) is 2.67. The molecule has 2 N–H and O–H groups in total. The monoisotopic (exact) mass is 330 g/mol. The maximum Gasteiger partial charge on any atom is 0.323 e. The van der Waals surface area contributed by atoms with Crippen molar-refractivity contribution in [3.63, 3.8) is 0 Å². The Labute approximate surface area is 117 Å². The molecule has 102 valence electrons. The zero-order chi connectivity index (χ0) is 14.0. The fourth-order valence-corrected chi connectivity index (χ4v) is 2.05. The Kier molecular flexibility index (Phi) is 4.04. The van der Waals surface area contributed by atoms with Gasteiger partial charge in [0.25, 0.3) is 0 Å². The zero-order valence-corrected chi connectivity index (χ0v) is 11.5. The van der Waals surface area contributed by atoms with Gasteiger partial charge in [-0.15, -0.1) is 0 Å². The van der Waals surface area contributed by atoms with E-state index in [4.69, 9.17) is 5.11 Å². The minimum Gasteiger partial charge on any atom is -0.480 e. The smallest absolute Gasteiger partial charge is 0.323 e. The average Bonchev–Trinajstić information content (AvgIpc) is 3.14. The molecule has 1 fully saturated rings. The molecule has 0 saturated heterocycles. The van der Waals surface area contributed by atoms with Gasteiger partial charge in [-0.2, -0.15) is 0 Å². The summed E-state index contributed by atoms with van der Waals surface area (Å²) in [7, 11) is 0. The summed E-state index contributed by atoms with van der Waals surface area (Å²) in [6.07, 6.45) is 1.63. The van der Waals surface area contributed by atoms with Crippen LogP contribution in [0.3, 0.4) is 0 Å². The summed E-state index contributed by atoms with van der Waals surface area (Å²) in [5.74, 6) is -1.48. The van der Waals surface area contributed by atoms with E-state index in [1.807, 2.05) is 0 Å². The van der Waals surface area contributed by atoms with Crippen molar-refractivity contribution in [3.05, 3.63) is 28.5 Å². The second-order valence-corrected chi connectivity index (χ2v) is 5.17. The Morgan fingerprint density at radius 2 is 2.16 bits per heavy atom. The number of nitrogens with one attached hydrogen (secondary N) is 1. The number of carbonyl (C=O) groups excluding carboxylic acids is 1. The lowest BCUT2D eigenvalue weighted by Crippen LogP contribution is -2.40. The molecule has 19 heavy (non-hydrogen) atoms. The number of rotatable bonds is 4. The highest BCUT2D eigenvalue weighted by atomic mass is 79.9. The van der Waals surface area contributed by atoms with Crippen LogP contribution in [0.25, 0.3) is 0 Å². The number of carbonyl (C=O) groups is 2. The number of anilines is 1. The van der Waals surface area contributed by atoms with Gasteiger partial charge in [0.1, 0.15) is 12.4 Å². The topological polar surface area (TPSA) is 69.6 Å². The van der Waals surface area contributed by atoms with E-state index in [0.717, 1.165) is 12.8 Å². The predicted molar refractivity (Wildman–Crippen MR) is 70.5 cm³/mol. The molecule has 7 heteroatoms. The van der Waals surface area contributed by atoms with Crippen LogP contribution in [-0.4, -0.2) is 34.6 Å². The van der Waals surface area contributed by atoms with Crippen molar-refractivity contribution >= 4 is 33.6 Å². The van der Waals surface area contributed by atoms with Gasteiger partial charge in [-0.1, -0.05) is 0 Å². The van der Waals surface area contributed by atoms with Gasteiger partial charge in [0, 0.05) is 11.7 Å². The summed E-state index contributed by atoms with van der Waals surface area (Å²) in [6.45, 7) is -0.334. The van der Waals surface area contributed by atoms with Crippen molar-refractivity contribution in [2.45, 2.75) is 18.9 Å². The van der Waals surface area contributed by atoms with Crippen LogP contribution in [0.1, 0.15) is 12.8 Å². The number of carboxylic acids is 1. The van der Waals surface area contributed by atoms with Crippen LogP contribution >= 0.6 is 15.9 Å². The molecule has 2 rings (SSSR count). The van der Waals surface area contributed by atoms with Crippen LogP contribution in [0.2, 0.25) is 0 Å². The third kappa shape index (κ3) is 3.66. The maximum atomic E-state index is 13.1. The molecule has 0 spiro atoms. The standard InChI is InChI=1S/C12H12BrFN2O3/c13-9-5-7(1-4-10(9)14)15-12(19)16(6-11(17)18)8-2-3-8/h1,4-5,8H,2-3,6H2,(H,15,19)(H,17,18). The molecule has 0 aliphatic heterocycles. The largest absolute Gasteiger partial charge is 0.480 e. The van der Waals surface area contributed by atoms with Gasteiger partial charge >= 0.3 is 12.0 Å². The van der Waals surface area contributed by atoms with E-state index in [9.17, 15) is 14.0 Å². The molecule has 0 radical (unpaired) electrons. The second-order valence-electron chi connectivity index (χ2n) is 4.31. The number of urea groups is 1. The Morgan fingerprint density at radius 3 is 2.68 bits per heavy atom. The van der Waals surface area contributed by atoms with Crippen molar-refractivity contribution in [1.82, 2.24) is 4.90 Å². The van der Waals surface area contributed by atoms with E-state index < -0.39 is 17.8 Å². The summed E-state index contributed by atoms with van der Waals surface area (Å²) in [5, 5.41) is 11.3. The second kappa shape index (κ2) is 5.56. The summed E-state index contributed by atoms with van der Waals surface area (Å²) < 4.78 is 13.3. The molecular weight excluding hydrogens is 319 g/mol. The van der Waals surface area contributed by atoms with Crippen LogP contribution in [-0.2, 0) is 4.79 Å². The van der Waals surface area contributed by atoms with E-state index in [2.05, 4.69) is 21.2 Å². The molecule has 1 aromatic carbocycles. The van der Waals surface area contributed by atoms with Crippen LogP contribution < -0.4 is 5.32 Å². The fourth-order valence-electron chi connectivity index (χ4n) is 1.67. The molecule has 1 aliphatic carbocycles. The number of aliphatic carboxylic acids is 1. The molecule has 1 aromatic rings. The van der Waals surface area contributed by atoms with E-state index in [1.165, 1.54) is 23.1 Å². The molecular formula is C12H12BrFN2O3. The third-order valence-electron chi connectivity index (χ3n) is 2.72. The van der Waals surface area contributed by atoms with Crippen LogP contribution in [0.15, 0.2) is 22.7 Å². The molecule has 1 aliphatic rings. The van der Waals surface area contributed by atoms with Gasteiger partial charge in [0.15, 0.2) is 0 Å². The summed E-state index contributed by atoms with van der Waals surface area (Å²) >= 11 is 3.02. The SMILES string of the molecule is O=C(O)CN(C(=O)Nc1ccc(F)c(Br)c1)C1CC1. The number of hydrogen-bond acceptors (Lipinski definition) is 2. The van der Waals surface area contributed by atoms with Gasteiger partial charge in [0.2, 0.25) is 0 Å². The molecule has 0 bridgehead atoms. The van der Waals surface area contributed by atoms with Crippen LogP contribution in [0, 0.1) is 5.82 Å². The van der Waals surface area contributed by atoms with Crippen LogP contribution in [0.5, 0.6) is 0 Å². The number of carboxylic acid groups (broad SMARTS) is 1. The molecule has 0 unspecified atom stereocenters. The van der Waals surface area contributed by atoms with Crippen LogP contribution in [0.4, 0.5) is 14.9 Å². The van der Waals surface area contributed by atoms with Crippen molar-refractivity contribution in [2.75, 3.05) is 11.9 Å². The normalized spacial score (nSPS) is 14.0. The van der Waals surface area contributed by atoms with E-state index >= 15 is 0 Å². The minimum atomic E-state index is -1.05. The van der Waals surface area contributed by atoms with Crippen molar-refractivity contribution in [2.24, 2.45) is 0 Å². The quantitative estimate of drug-likeness (QED) is 0.891. The first-order valence-corrected chi connectivity index (χ1v) is 6.51. The number of hydrogen-bond donors (Lipinski definition) is 2. The number of benzene rings is 1. The average molecular weight is 331 g/mol. The Bertz CT molecular complexity index is 520. The first kappa shape index (κ1) is 13.8. The highest BCUT2D eigenvalue weighted by Gasteiger charge is 2.33. The fraction of sp³-hybridized carbons (Fsp3) is 0.333. The molecule has 0 aromatic heterocycles.